The molecule has 1 aromatic carbocycles. The minimum Gasteiger partial charge on any atom is -0.359 e. The van der Waals surface area contributed by atoms with Crippen LogP contribution >= 0.6 is 23.2 Å². The number of amides is 1. The molecule has 0 aliphatic carbocycles. The average molecular weight is 246 g/mol. The van der Waals surface area contributed by atoms with E-state index in [9.17, 15) is 4.79 Å². The number of hydrogen-bond donors (Lipinski definition) is 1. The Kier molecular flexibility index (Phi) is 2.63. The normalized spacial score (nSPS) is 23.7. The molecule has 1 N–H and O–H groups in total. The molecule has 0 spiro atoms. The lowest BCUT2D eigenvalue weighted by Gasteiger charge is -2.08. The maximum Gasteiger partial charge on any atom is 0.258 e. The molecule has 1 heterocycles. The maximum atomic E-state index is 11.6. The van der Waals surface area contributed by atoms with Crippen LogP contribution in [0, 0.1) is 0 Å². The summed E-state index contributed by atoms with van der Waals surface area (Å²) in [6.07, 6.45) is 0. The first-order chi connectivity index (χ1) is 7.01. The quantitative estimate of drug-likeness (QED) is 0.815. The van der Waals surface area contributed by atoms with Gasteiger partial charge in [0.1, 0.15) is 0 Å². The first kappa shape index (κ1) is 10.7. The van der Waals surface area contributed by atoms with Gasteiger partial charge < -0.3 is 10.1 Å². The Morgan fingerprint density at radius 3 is 2.67 bits per heavy atom. The van der Waals surface area contributed by atoms with Gasteiger partial charge in [-0.25, -0.2) is 0 Å². The zero-order chi connectivity index (χ0) is 11.1. The number of halogens is 2. The van der Waals surface area contributed by atoms with Crippen LogP contribution in [0.4, 0.5) is 5.69 Å². The Hall–Kier alpha value is -0.770. The zero-order valence-electron chi connectivity index (χ0n) is 8.01. The van der Waals surface area contributed by atoms with Crippen molar-refractivity contribution in [3.05, 3.63) is 28.2 Å². The fraction of sp³-hybridized carbons (Fsp3) is 0.300. The van der Waals surface area contributed by atoms with Crippen LogP contribution in [0.5, 0.6) is 0 Å². The molecule has 0 saturated carbocycles. The highest BCUT2D eigenvalue weighted by Gasteiger charge is 2.47. The fourth-order valence-electron chi connectivity index (χ4n) is 1.08. The number of nitrogens with one attached hydrogen (secondary N) is 1. The number of rotatable bonds is 2. The minimum absolute atomic E-state index is 0.166. The highest BCUT2D eigenvalue weighted by atomic mass is 35.5. The van der Waals surface area contributed by atoms with Crippen LogP contribution in [-0.4, -0.2) is 18.1 Å². The largest absolute Gasteiger partial charge is 0.359 e. The van der Waals surface area contributed by atoms with Crippen LogP contribution in [0.3, 0.4) is 0 Å². The number of anilines is 1. The van der Waals surface area contributed by atoms with Crippen molar-refractivity contribution in [2.24, 2.45) is 0 Å². The van der Waals surface area contributed by atoms with Crippen LogP contribution in [0.15, 0.2) is 18.2 Å². The molecule has 1 amide bonds. The summed E-state index contributed by atoms with van der Waals surface area (Å²) < 4.78 is 5.01. The molecule has 0 aromatic heterocycles. The van der Waals surface area contributed by atoms with Crippen molar-refractivity contribution in [1.82, 2.24) is 0 Å². The van der Waals surface area contributed by atoms with E-state index in [2.05, 4.69) is 5.32 Å². The van der Waals surface area contributed by atoms with Gasteiger partial charge in [-0.1, -0.05) is 23.2 Å². The van der Waals surface area contributed by atoms with Crippen molar-refractivity contribution < 1.29 is 9.53 Å². The van der Waals surface area contributed by atoms with E-state index in [1.165, 1.54) is 0 Å². The van der Waals surface area contributed by atoms with Crippen molar-refractivity contribution >= 4 is 34.8 Å². The zero-order valence-corrected chi connectivity index (χ0v) is 9.52. The van der Waals surface area contributed by atoms with Gasteiger partial charge in [-0.2, -0.15) is 0 Å². The molecule has 1 fully saturated rings. The van der Waals surface area contributed by atoms with Gasteiger partial charge in [0.2, 0.25) is 0 Å². The molecule has 5 heteroatoms. The number of carbonyl (C=O) groups is 1. The SMILES string of the molecule is CC1(C(=O)Nc2ccc(Cl)c(Cl)c2)CO1. The summed E-state index contributed by atoms with van der Waals surface area (Å²) in [6.45, 7) is 2.19. The minimum atomic E-state index is -0.674. The summed E-state index contributed by atoms with van der Waals surface area (Å²) in [5, 5.41) is 3.58. The van der Waals surface area contributed by atoms with Gasteiger partial charge in [0.25, 0.3) is 5.91 Å². The first-order valence-corrected chi connectivity index (χ1v) is 5.17. The molecular weight excluding hydrogens is 237 g/mol. The van der Waals surface area contributed by atoms with E-state index in [0.717, 1.165) is 0 Å². The van der Waals surface area contributed by atoms with Gasteiger partial charge in [-0.3, -0.25) is 4.79 Å². The Balaban J connectivity index is 2.11. The van der Waals surface area contributed by atoms with E-state index < -0.39 is 5.60 Å². The van der Waals surface area contributed by atoms with E-state index in [1.807, 2.05) is 0 Å². The van der Waals surface area contributed by atoms with E-state index in [1.54, 1.807) is 25.1 Å². The monoisotopic (exact) mass is 245 g/mol. The van der Waals surface area contributed by atoms with E-state index in [0.29, 0.717) is 22.3 Å². The molecule has 1 atom stereocenters. The average Bonchev–Trinajstić information content (AvgIpc) is 2.92. The Morgan fingerprint density at radius 1 is 1.47 bits per heavy atom. The molecule has 0 bridgehead atoms. The van der Waals surface area contributed by atoms with Gasteiger partial charge in [0, 0.05) is 5.69 Å². The summed E-state index contributed by atoms with van der Waals surface area (Å²) in [5.74, 6) is -0.166. The molecule has 1 unspecified atom stereocenters. The summed E-state index contributed by atoms with van der Waals surface area (Å²) >= 11 is 11.6. The van der Waals surface area contributed by atoms with Crippen molar-refractivity contribution in [2.45, 2.75) is 12.5 Å². The number of carbonyl (C=O) groups excluding carboxylic acids is 1. The Bertz CT molecular complexity index is 416. The third-order valence-corrected chi connectivity index (χ3v) is 2.97. The van der Waals surface area contributed by atoms with Crippen molar-refractivity contribution in [3.8, 4) is 0 Å². The van der Waals surface area contributed by atoms with Crippen LogP contribution in [-0.2, 0) is 9.53 Å². The van der Waals surface area contributed by atoms with E-state index in [-0.39, 0.29) is 5.91 Å². The highest BCUT2D eigenvalue weighted by Crippen LogP contribution is 2.29. The van der Waals surface area contributed by atoms with Gasteiger partial charge in [0.05, 0.1) is 16.7 Å². The van der Waals surface area contributed by atoms with Crippen molar-refractivity contribution in [3.63, 3.8) is 0 Å². The second-order valence-corrected chi connectivity index (χ2v) is 4.42. The second-order valence-electron chi connectivity index (χ2n) is 3.60. The predicted molar refractivity (Wildman–Crippen MR) is 59.4 cm³/mol. The third kappa shape index (κ3) is 2.25. The van der Waals surface area contributed by atoms with Crippen LogP contribution in [0.2, 0.25) is 10.0 Å². The molecule has 1 aliphatic rings. The Morgan fingerprint density at radius 2 is 2.13 bits per heavy atom. The van der Waals surface area contributed by atoms with Crippen molar-refractivity contribution in [1.29, 1.82) is 0 Å². The van der Waals surface area contributed by atoms with Crippen LogP contribution < -0.4 is 5.32 Å². The van der Waals surface area contributed by atoms with E-state index >= 15 is 0 Å². The summed E-state index contributed by atoms with van der Waals surface area (Å²) in [6, 6.07) is 4.93. The highest BCUT2D eigenvalue weighted by molar-refractivity contribution is 6.42. The molecule has 1 aromatic rings. The van der Waals surface area contributed by atoms with Crippen LogP contribution in [0.1, 0.15) is 6.92 Å². The molecule has 0 radical (unpaired) electrons. The lowest BCUT2D eigenvalue weighted by Crippen LogP contribution is -2.28. The van der Waals surface area contributed by atoms with E-state index in [4.69, 9.17) is 27.9 Å². The molecule has 2 rings (SSSR count). The smallest absolute Gasteiger partial charge is 0.258 e. The molecule has 15 heavy (non-hydrogen) atoms. The van der Waals surface area contributed by atoms with Gasteiger partial charge in [0.15, 0.2) is 5.60 Å². The number of hydrogen-bond acceptors (Lipinski definition) is 2. The molecule has 1 saturated heterocycles. The number of ether oxygens (including phenoxy) is 1. The topological polar surface area (TPSA) is 41.6 Å². The molecule has 80 valence electrons. The van der Waals surface area contributed by atoms with Crippen molar-refractivity contribution in [2.75, 3.05) is 11.9 Å². The summed E-state index contributed by atoms with van der Waals surface area (Å²) in [5.41, 5.74) is -0.0577. The first-order valence-electron chi connectivity index (χ1n) is 4.42. The standard InChI is InChI=1S/C10H9Cl2NO2/c1-10(5-15-10)9(14)13-6-2-3-7(11)8(12)4-6/h2-4H,5H2,1H3,(H,13,14). The Labute approximate surface area is 97.3 Å². The number of epoxide rings is 1. The summed E-state index contributed by atoms with van der Waals surface area (Å²) in [4.78, 5) is 11.6. The lowest BCUT2D eigenvalue weighted by molar-refractivity contribution is -0.120. The fourth-order valence-corrected chi connectivity index (χ4v) is 1.37. The second kappa shape index (κ2) is 3.67. The molecular formula is C10H9Cl2NO2. The lowest BCUT2D eigenvalue weighted by atomic mass is 10.2. The van der Waals surface area contributed by atoms with Crippen LogP contribution in [0.25, 0.3) is 0 Å². The van der Waals surface area contributed by atoms with Gasteiger partial charge >= 0.3 is 0 Å². The van der Waals surface area contributed by atoms with Gasteiger partial charge in [-0.05, 0) is 25.1 Å². The molecule has 3 nitrogen and oxygen atoms in total. The predicted octanol–water partition coefficient (Wildman–Crippen LogP) is 2.72. The third-order valence-electron chi connectivity index (χ3n) is 2.24. The van der Waals surface area contributed by atoms with Gasteiger partial charge in [-0.15, -0.1) is 0 Å². The number of benzene rings is 1. The maximum absolute atomic E-state index is 11.6. The molecule has 1 aliphatic heterocycles. The summed E-state index contributed by atoms with van der Waals surface area (Å²) in [7, 11) is 0.